The molecule has 6 heteroatoms. The molecule has 5 nitrogen and oxygen atoms in total. The van der Waals surface area contributed by atoms with Crippen LogP contribution >= 0.6 is 12.2 Å². The van der Waals surface area contributed by atoms with Crippen LogP contribution < -0.4 is 15.0 Å². The Morgan fingerprint density at radius 2 is 1.61 bits per heavy atom. The number of anilines is 1. The van der Waals surface area contributed by atoms with Crippen LogP contribution in [0.3, 0.4) is 0 Å². The number of nitrogens with one attached hydrogen (secondary N) is 2. The number of ether oxygens (including phenoxy) is 1. The minimum atomic E-state index is -0.0592. The van der Waals surface area contributed by atoms with Crippen LogP contribution in [0.15, 0.2) is 79.0 Å². The lowest BCUT2D eigenvalue weighted by molar-refractivity contribution is 0.482. The van der Waals surface area contributed by atoms with Gasteiger partial charge in [-0.05, 0) is 93.1 Å². The molecule has 1 fully saturated rings. The molecule has 0 aliphatic carbocycles. The molecule has 0 amide bonds. The lowest BCUT2D eigenvalue weighted by Crippen LogP contribution is -2.29. The van der Waals surface area contributed by atoms with Crippen molar-refractivity contribution in [3.63, 3.8) is 0 Å². The number of hydrogen-bond donors (Lipinski definition) is 2. The maximum absolute atomic E-state index is 6.02. The zero-order valence-electron chi connectivity index (χ0n) is 18.9. The van der Waals surface area contributed by atoms with Gasteiger partial charge in [-0.3, -0.25) is 4.98 Å². The molecule has 0 radical (unpaired) electrons. The third-order valence-corrected chi connectivity index (χ3v) is 6.29. The SMILES string of the molecule is Cc1ccc(Oc2ccc(N3C(=S)N[C@H](c4ccccn4)[C@H]3c3cc(C)[nH]c3C)cc2)cc1. The summed E-state index contributed by atoms with van der Waals surface area (Å²) in [7, 11) is 0. The summed E-state index contributed by atoms with van der Waals surface area (Å²) in [6.45, 7) is 6.25. The molecule has 4 aromatic rings. The van der Waals surface area contributed by atoms with Crippen molar-refractivity contribution in [2.24, 2.45) is 0 Å². The number of nitrogens with zero attached hydrogens (tertiary/aromatic N) is 2. The normalized spacial score (nSPS) is 17.8. The van der Waals surface area contributed by atoms with E-state index in [1.165, 1.54) is 11.1 Å². The Labute approximate surface area is 199 Å². The van der Waals surface area contributed by atoms with Gasteiger partial charge in [-0.15, -0.1) is 0 Å². The minimum absolute atomic E-state index is 0.0267. The van der Waals surface area contributed by atoms with Gasteiger partial charge >= 0.3 is 0 Å². The highest BCUT2D eigenvalue weighted by Crippen LogP contribution is 2.43. The lowest BCUT2D eigenvalue weighted by Gasteiger charge is -2.28. The average Bonchev–Trinajstić information content (AvgIpc) is 3.34. The van der Waals surface area contributed by atoms with Crippen LogP contribution in [-0.2, 0) is 0 Å². The van der Waals surface area contributed by atoms with E-state index in [-0.39, 0.29) is 12.1 Å². The molecule has 0 unspecified atom stereocenters. The van der Waals surface area contributed by atoms with E-state index in [4.69, 9.17) is 17.0 Å². The minimum Gasteiger partial charge on any atom is -0.457 e. The van der Waals surface area contributed by atoms with Gasteiger partial charge in [-0.2, -0.15) is 0 Å². The lowest BCUT2D eigenvalue weighted by atomic mass is 9.96. The number of rotatable bonds is 5. The summed E-state index contributed by atoms with van der Waals surface area (Å²) in [6, 6.07) is 24.2. The van der Waals surface area contributed by atoms with Gasteiger partial charge in [-0.25, -0.2) is 0 Å². The third-order valence-electron chi connectivity index (χ3n) is 5.98. The van der Waals surface area contributed by atoms with Gasteiger partial charge in [-0.1, -0.05) is 23.8 Å². The highest BCUT2D eigenvalue weighted by molar-refractivity contribution is 7.80. The fraction of sp³-hybridized carbons (Fsp3) is 0.185. The first kappa shape index (κ1) is 21.2. The van der Waals surface area contributed by atoms with E-state index in [1.54, 1.807) is 0 Å². The standard InChI is InChI=1S/C27H26N4OS/c1-17-7-11-21(12-8-17)32-22-13-9-20(10-14-22)31-26(23-16-18(2)29-19(23)3)25(30-27(31)33)24-6-4-5-15-28-24/h4-16,25-26,29H,1-3H3,(H,30,33)/t25-,26-/m1/s1. The zero-order chi connectivity index (χ0) is 22.9. The number of thiocarbonyl (C=S) groups is 1. The van der Waals surface area contributed by atoms with Crippen molar-refractivity contribution in [3.05, 3.63) is 107 Å². The van der Waals surface area contributed by atoms with Crippen LogP contribution in [0, 0.1) is 20.8 Å². The van der Waals surface area contributed by atoms with Crippen LogP contribution in [0.4, 0.5) is 5.69 Å². The van der Waals surface area contributed by atoms with Crippen molar-refractivity contribution in [3.8, 4) is 11.5 Å². The molecule has 33 heavy (non-hydrogen) atoms. The van der Waals surface area contributed by atoms with Gasteiger partial charge in [0.1, 0.15) is 11.5 Å². The van der Waals surface area contributed by atoms with E-state index in [2.05, 4.69) is 59.2 Å². The van der Waals surface area contributed by atoms with Crippen LogP contribution in [0.5, 0.6) is 11.5 Å². The van der Waals surface area contributed by atoms with Crippen molar-refractivity contribution in [2.75, 3.05) is 4.90 Å². The molecule has 3 heterocycles. The Kier molecular flexibility index (Phi) is 5.60. The van der Waals surface area contributed by atoms with Crippen molar-refractivity contribution in [1.29, 1.82) is 0 Å². The fourth-order valence-electron chi connectivity index (χ4n) is 4.42. The quantitative estimate of drug-likeness (QED) is 0.346. The van der Waals surface area contributed by atoms with Crippen LogP contribution in [-0.4, -0.2) is 15.1 Å². The van der Waals surface area contributed by atoms with Crippen molar-refractivity contribution in [1.82, 2.24) is 15.3 Å². The first-order valence-corrected chi connectivity index (χ1v) is 11.4. The van der Waals surface area contributed by atoms with Gasteiger partial charge < -0.3 is 19.9 Å². The number of aromatic amines is 1. The van der Waals surface area contributed by atoms with Crippen LogP contribution in [0.1, 0.15) is 40.3 Å². The molecule has 0 spiro atoms. The maximum Gasteiger partial charge on any atom is 0.174 e. The predicted molar refractivity (Wildman–Crippen MR) is 136 cm³/mol. The summed E-state index contributed by atoms with van der Waals surface area (Å²) in [5.41, 5.74) is 6.64. The third kappa shape index (κ3) is 4.22. The summed E-state index contributed by atoms with van der Waals surface area (Å²) in [6.07, 6.45) is 1.83. The molecular formula is C27H26N4OS. The topological polar surface area (TPSA) is 53.2 Å². The first-order chi connectivity index (χ1) is 16.0. The van der Waals surface area contributed by atoms with E-state index in [0.29, 0.717) is 5.11 Å². The van der Waals surface area contributed by atoms with E-state index in [0.717, 1.165) is 34.3 Å². The number of hydrogen-bond acceptors (Lipinski definition) is 3. The monoisotopic (exact) mass is 454 g/mol. The number of pyridine rings is 1. The second-order valence-electron chi connectivity index (χ2n) is 8.44. The van der Waals surface area contributed by atoms with Crippen molar-refractivity contribution in [2.45, 2.75) is 32.9 Å². The Morgan fingerprint density at radius 1 is 0.909 bits per heavy atom. The number of aryl methyl sites for hydroxylation is 3. The van der Waals surface area contributed by atoms with Gasteiger partial charge in [0.25, 0.3) is 0 Å². The summed E-state index contributed by atoms with van der Waals surface area (Å²) < 4.78 is 6.02. The number of benzene rings is 2. The maximum atomic E-state index is 6.02. The molecule has 2 aromatic heterocycles. The van der Waals surface area contributed by atoms with Crippen LogP contribution in [0.25, 0.3) is 0 Å². The van der Waals surface area contributed by atoms with Gasteiger partial charge in [0.05, 0.1) is 17.8 Å². The number of H-pyrrole nitrogens is 1. The molecule has 166 valence electrons. The van der Waals surface area contributed by atoms with Crippen molar-refractivity contribution < 1.29 is 4.74 Å². The second-order valence-corrected chi connectivity index (χ2v) is 8.83. The average molecular weight is 455 g/mol. The molecule has 5 rings (SSSR count). The molecule has 1 aliphatic heterocycles. The van der Waals surface area contributed by atoms with E-state index >= 15 is 0 Å². The van der Waals surface area contributed by atoms with Crippen molar-refractivity contribution >= 4 is 23.0 Å². The Morgan fingerprint density at radius 3 is 2.21 bits per heavy atom. The van der Waals surface area contributed by atoms with E-state index in [9.17, 15) is 0 Å². The van der Waals surface area contributed by atoms with Gasteiger partial charge in [0.15, 0.2) is 5.11 Å². The highest BCUT2D eigenvalue weighted by atomic mass is 32.1. The molecule has 0 bridgehead atoms. The molecule has 2 aromatic carbocycles. The van der Waals surface area contributed by atoms with Gasteiger partial charge in [0.2, 0.25) is 0 Å². The zero-order valence-corrected chi connectivity index (χ0v) is 19.7. The Bertz CT molecular complexity index is 1270. The van der Waals surface area contributed by atoms with Gasteiger partial charge in [0, 0.05) is 23.3 Å². The molecule has 1 aliphatic rings. The smallest absolute Gasteiger partial charge is 0.174 e. The summed E-state index contributed by atoms with van der Waals surface area (Å²) in [5, 5.41) is 4.19. The molecule has 0 saturated carbocycles. The largest absolute Gasteiger partial charge is 0.457 e. The molecule has 1 saturated heterocycles. The Hall–Kier alpha value is -3.64. The number of aromatic nitrogens is 2. The molecule has 2 N–H and O–H groups in total. The summed E-state index contributed by atoms with van der Waals surface area (Å²) in [4.78, 5) is 10.2. The van der Waals surface area contributed by atoms with Crippen LogP contribution in [0.2, 0.25) is 0 Å². The van der Waals surface area contributed by atoms with E-state index < -0.39 is 0 Å². The molecular weight excluding hydrogens is 428 g/mol. The molecule has 2 atom stereocenters. The Balaban J connectivity index is 1.49. The first-order valence-electron chi connectivity index (χ1n) is 11.0. The summed E-state index contributed by atoms with van der Waals surface area (Å²) >= 11 is 5.82. The fourth-order valence-corrected chi connectivity index (χ4v) is 4.76. The highest BCUT2D eigenvalue weighted by Gasteiger charge is 2.41. The predicted octanol–water partition coefficient (Wildman–Crippen LogP) is 6.30. The second kappa shape index (κ2) is 8.71. The summed E-state index contributed by atoms with van der Waals surface area (Å²) in [5.74, 6) is 1.60. The van der Waals surface area contributed by atoms with E-state index in [1.807, 2.05) is 60.8 Å².